The molecule has 120 valence electrons. The second-order valence-corrected chi connectivity index (χ2v) is 6.29. The molecule has 1 heterocycles. The molecule has 1 aromatic rings. The van der Waals surface area contributed by atoms with Crippen molar-refractivity contribution < 1.29 is 15.1 Å². The van der Waals surface area contributed by atoms with E-state index in [4.69, 9.17) is 10.1 Å². The van der Waals surface area contributed by atoms with E-state index in [1.807, 2.05) is 0 Å². The van der Waals surface area contributed by atoms with Crippen molar-refractivity contribution in [3.8, 4) is 11.5 Å². The number of hydrogen-bond acceptors (Lipinski definition) is 4. The summed E-state index contributed by atoms with van der Waals surface area (Å²) in [6.45, 7) is 2.81. The normalized spacial score (nSPS) is 18.5. The maximum absolute atomic E-state index is 10.3. The molecule has 5 heteroatoms. The Labute approximate surface area is 131 Å². The summed E-state index contributed by atoms with van der Waals surface area (Å²) in [6.07, 6.45) is 7.11. The van der Waals surface area contributed by atoms with Gasteiger partial charge in [-0.3, -0.25) is 10.6 Å². The number of hydroxylamine groups is 2. The maximum Gasteiger partial charge on any atom is 0.157 e. The molecule has 5 nitrogen and oxygen atoms in total. The predicted molar refractivity (Wildman–Crippen MR) is 83.7 cm³/mol. The number of unbranched alkanes of at least 4 members (excludes halogenated alkanes) is 3. The minimum Gasteiger partial charge on any atom is -0.507 e. The fourth-order valence-corrected chi connectivity index (χ4v) is 3.50. The molecule has 1 fully saturated rings. The smallest absolute Gasteiger partial charge is 0.157 e. The van der Waals surface area contributed by atoms with Crippen LogP contribution in [0.1, 0.15) is 63.0 Å². The summed E-state index contributed by atoms with van der Waals surface area (Å²) in [4.78, 5) is 0. The van der Waals surface area contributed by atoms with Gasteiger partial charge in [0, 0.05) is 5.56 Å². The molecule has 1 aliphatic heterocycles. The van der Waals surface area contributed by atoms with Crippen LogP contribution < -0.4 is 4.74 Å². The molecule has 1 saturated carbocycles. The van der Waals surface area contributed by atoms with Crippen LogP contribution in [0.4, 0.5) is 0 Å². The van der Waals surface area contributed by atoms with Crippen LogP contribution in [0.3, 0.4) is 0 Å². The summed E-state index contributed by atoms with van der Waals surface area (Å²) in [6, 6.07) is 3.32. The second-order valence-electron chi connectivity index (χ2n) is 6.29. The highest BCUT2D eigenvalue weighted by Gasteiger charge is 2.54. The van der Waals surface area contributed by atoms with Crippen molar-refractivity contribution in [2.24, 2.45) is 0 Å². The average molecular weight is 304 g/mol. The number of rotatable bonds is 6. The Balaban J connectivity index is 1.86. The molecular weight excluding hydrogens is 280 g/mol. The molecule has 3 N–H and O–H groups in total. The molecular formula is C17H24N2O3. The highest BCUT2D eigenvalue weighted by Crippen LogP contribution is 2.56. The van der Waals surface area contributed by atoms with Crippen LogP contribution in [-0.2, 0) is 5.54 Å². The molecule has 2 aliphatic rings. The van der Waals surface area contributed by atoms with Crippen molar-refractivity contribution in [1.82, 2.24) is 5.06 Å². The number of ether oxygens (including phenoxy) is 1. The number of amidine groups is 1. The van der Waals surface area contributed by atoms with Gasteiger partial charge in [0.05, 0.1) is 17.7 Å². The first-order valence-corrected chi connectivity index (χ1v) is 8.19. The number of nitrogens with one attached hydrogen (secondary N) is 1. The molecule has 0 amide bonds. The zero-order valence-electron chi connectivity index (χ0n) is 13.1. The number of nitrogens with zero attached hydrogens (tertiary/aromatic N) is 1. The molecule has 0 atom stereocenters. The van der Waals surface area contributed by atoms with Crippen LogP contribution in [-0.4, -0.2) is 27.8 Å². The zero-order valence-corrected chi connectivity index (χ0v) is 13.1. The van der Waals surface area contributed by atoms with Crippen molar-refractivity contribution in [2.45, 2.75) is 57.4 Å². The van der Waals surface area contributed by atoms with Gasteiger partial charge >= 0.3 is 0 Å². The highest BCUT2D eigenvalue weighted by atomic mass is 16.5. The minimum atomic E-state index is -0.566. The van der Waals surface area contributed by atoms with E-state index in [0.717, 1.165) is 42.7 Å². The van der Waals surface area contributed by atoms with E-state index in [1.54, 1.807) is 12.1 Å². The van der Waals surface area contributed by atoms with Crippen LogP contribution in [0.5, 0.6) is 11.5 Å². The minimum absolute atomic E-state index is 0.0244. The lowest BCUT2D eigenvalue weighted by Gasteiger charge is -2.43. The molecule has 1 aliphatic carbocycles. The van der Waals surface area contributed by atoms with Gasteiger partial charge in [0.2, 0.25) is 0 Å². The van der Waals surface area contributed by atoms with Crippen molar-refractivity contribution >= 4 is 5.84 Å². The van der Waals surface area contributed by atoms with Crippen LogP contribution in [0.25, 0.3) is 0 Å². The van der Waals surface area contributed by atoms with Crippen molar-refractivity contribution in [1.29, 1.82) is 5.41 Å². The first-order valence-electron chi connectivity index (χ1n) is 8.19. The van der Waals surface area contributed by atoms with Gasteiger partial charge in [-0.1, -0.05) is 26.2 Å². The van der Waals surface area contributed by atoms with Gasteiger partial charge in [-0.2, -0.15) is 0 Å². The van der Waals surface area contributed by atoms with E-state index < -0.39 is 5.54 Å². The third-order valence-corrected chi connectivity index (χ3v) is 4.90. The van der Waals surface area contributed by atoms with Crippen molar-refractivity contribution in [2.75, 3.05) is 6.61 Å². The van der Waals surface area contributed by atoms with Gasteiger partial charge in [0.1, 0.15) is 11.5 Å². The third-order valence-electron chi connectivity index (χ3n) is 4.90. The lowest BCUT2D eigenvalue weighted by molar-refractivity contribution is -0.138. The van der Waals surface area contributed by atoms with Crippen LogP contribution >= 0.6 is 0 Å². The third kappa shape index (κ3) is 2.15. The van der Waals surface area contributed by atoms with Crippen molar-refractivity contribution in [3.63, 3.8) is 0 Å². The largest absolute Gasteiger partial charge is 0.507 e. The number of hydrogen-bond donors (Lipinski definition) is 3. The molecule has 1 aromatic carbocycles. The second kappa shape index (κ2) is 5.80. The van der Waals surface area contributed by atoms with Gasteiger partial charge < -0.3 is 9.84 Å². The van der Waals surface area contributed by atoms with E-state index in [-0.39, 0.29) is 11.6 Å². The Morgan fingerprint density at radius 3 is 2.68 bits per heavy atom. The van der Waals surface area contributed by atoms with Gasteiger partial charge in [0.15, 0.2) is 5.84 Å². The maximum atomic E-state index is 10.3. The van der Waals surface area contributed by atoms with Gasteiger partial charge in [0.25, 0.3) is 0 Å². The number of phenols is 1. The predicted octanol–water partition coefficient (Wildman–Crippen LogP) is 3.76. The summed E-state index contributed by atoms with van der Waals surface area (Å²) in [5.74, 6) is 0.718. The average Bonchev–Trinajstić information content (AvgIpc) is 2.71. The summed E-state index contributed by atoms with van der Waals surface area (Å²) >= 11 is 0. The molecule has 22 heavy (non-hydrogen) atoms. The number of benzene rings is 1. The van der Waals surface area contributed by atoms with E-state index >= 15 is 0 Å². The molecule has 0 bridgehead atoms. The fraction of sp³-hybridized carbons (Fsp3) is 0.588. The molecule has 3 rings (SSSR count). The summed E-state index contributed by atoms with van der Waals surface area (Å²) in [5.41, 5.74) is 0.652. The highest BCUT2D eigenvalue weighted by molar-refractivity contribution is 6.04. The lowest BCUT2D eigenvalue weighted by Crippen LogP contribution is -2.46. The van der Waals surface area contributed by atoms with Crippen LogP contribution in [0.15, 0.2) is 12.1 Å². The summed E-state index contributed by atoms with van der Waals surface area (Å²) in [7, 11) is 0. The van der Waals surface area contributed by atoms with E-state index in [9.17, 15) is 10.3 Å². The SMILES string of the molecule is CCCCCCOc1ccc(O)c2c1C1(CCC1)N(O)C2=N. The number of aromatic hydroxyl groups is 1. The monoisotopic (exact) mass is 304 g/mol. The van der Waals surface area contributed by atoms with Crippen LogP contribution in [0, 0.1) is 5.41 Å². The Morgan fingerprint density at radius 1 is 1.27 bits per heavy atom. The van der Waals surface area contributed by atoms with Gasteiger partial charge in [-0.25, -0.2) is 5.06 Å². The van der Waals surface area contributed by atoms with Gasteiger partial charge in [-0.05, 0) is 37.8 Å². The molecule has 1 spiro atoms. The van der Waals surface area contributed by atoms with Crippen molar-refractivity contribution in [3.05, 3.63) is 23.3 Å². The Hall–Kier alpha value is -1.75. The Morgan fingerprint density at radius 2 is 2.05 bits per heavy atom. The summed E-state index contributed by atoms with van der Waals surface area (Å²) in [5, 5.41) is 29.5. The zero-order chi connectivity index (χ0) is 15.7. The molecule has 0 saturated heterocycles. The summed E-state index contributed by atoms with van der Waals surface area (Å²) < 4.78 is 5.93. The van der Waals surface area contributed by atoms with E-state index in [1.165, 1.54) is 12.8 Å². The molecule has 0 aromatic heterocycles. The topological polar surface area (TPSA) is 76.8 Å². The Bertz CT molecular complexity index is 582. The van der Waals surface area contributed by atoms with Crippen LogP contribution in [0.2, 0.25) is 0 Å². The molecule has 0 unspecified atom stereocenters. The quantitative estimate of drug-likeness (QED) is 0.699. The lowest BCUT2D eigenvalue weighted by atomic mass is 9.72. The van der Waals surface area contributed by atoms with E-state index in [2.05, 4.69) is 6.92 Å². The van der Waals surface area contributed by atoms with E-state index in [0.29, 0.717) is 17.9 Å². The van der Waals surface area contributed by atoms with Gasteiger partial charge in [-0.15, -0.1) is 0 Å². The number of phenolic OH excluding ortho intramolecular Hbond substituents is 1. The fourth-order valence-electron chi connectivity index (χ4n) is 3.50. The standard InChI is InChI=1S/C17H24N2O3/c1-2-3-4-5-11-22-13-8-7-12(20)14-15(13)17(9-6-10-17)19(21)16(14)18/h7-8,18,20-21H,2-6,9-11H2,1H3. The first-order chi connectivity index (χ1) is 10.6. The Kier molecular flexibility index (Phi) is 4.00. The molecule has 0 radical (unpaired) electrons. The number of fused-ring (bicyclic) bond motifs is 2. The first kappa shape index (κ1) is 15.2.